The Hall–Kier alpha value is -2.38. The Morgan fingerprint density at radius 1 is 1.38 bits per heavy atom. The first kappa shape index (κ1) is 16.5. The summed E-state index contributed by atoms with van der Waals surface area (Å²) in [6.45, 7) is 3.65. The van der Waals surface area contributed by atoms with E-state index in [1.807, 2.05) is 22.9 Å². The number of thiophene rings is 1. The topological polar surface area (TPSA) is 88.5 Å². The van der Waals surface area contributed by atoms with Gasteiger partial charge in [-0.1, -0.05) is 5.16 Å². The third kappa shape index (κ3) is 3.58. The minimum atomic E-state index is -0.897. The molecule has 0 aliphatic heterocycles. The lowest BCUT2D eigenvalue weighted by atomic mass is 10.1. The van der Waals surface area contributed by atoms with Crippen molar-refractivity contribution in [2.75, 3.05) is 6.54 Å². The third-order valence-corrected chi connectivity index (χ3v) is 4.46. The van der Waals surface area contributed by atoms with Crippen LogP contribution in [0.5, 0.6) is 0 Å². The number of furan rings is 1. The lowest BCUT2D eigenvalue weighted by Crippen LogP contribution is -2.29. The maximum atomic E-state index is 12.0. The molecule has 0 aliphatic rings. The summed E-state index contributed by atoms with van der Waals surface area (Å²) in [7, 11) is 0. The molecule has 0 unspecified atom stereocenters. The van der Waals surface area contributed by atoms with E-state index in [-0.39, 0.29) is 18.9 Å². The Morgan fingerprint density at radius 2 is 2.21 bits per heavy atom. The number of aromatic nitrogens is 1. The number of amides is 1. The predicted octanol–water partition coefficient (Wildman–Crippen LogP) is 3.01. The minimum absolute atomic E-state index is 0.0821. The Bertz CT molecular complexity index is 800. The zero-order valence-electron chi connectivity index (χ0n) is 13.4. The highest BCUT2D eigenvalue weighted by atomic mass is 32.1. The van der Waals surface area contributed by atoms with Crippen LogP contribution in [0.1, 0.15) is 28.9 Å². The quantitative estimate of drug-likeness (QED) is 0.716. The van der Waals surface area contributed by atoms with Gasteiger partial charge in [-0.15, -0.1) is 0 Å². The minimum Gasteiger partial charge on any atom is -0.458 e. The molecule has 2 N–H and O–H groups in total. The molecule has 0 radical (unpaired) electrons. The number of carbonyl (C=O) groups is 1. The van der Waals surface area contributed by atoms with Crippen LogP contribution < -0.4 is 5.32 Å². The molecule has 7 heteroatoms. The summed E-state index contributed by atoms with van der Waals surface area (Å²) in [6, 6.07) is 5.48. The molecule has 0 aromatic carbocycles. The van der Waals surface area contributed by atoms with Crippen LogP contribution in [0.4, 0.5) is 0 Å². The van der Waals surface area contributed by atoms with E-state index in [1.165, 1.54) is 0 Å². The number of aryl methyl sites for hydroxylation is 2. The molecule has 0 spiro atoms. The summed E-state index contributed by atoms with van der Waals surface area (Å²) in [5.74, 6) is 1.56. The van der Waals surface area contributed by atoms with Gasteiger partial charge in [0.25, 0.3) is 0 Å². The van der Waals surface area contributed by atoms with Crippen LogP contribution in [0, 0.1) is 13.8 Å². The maximum absolute atomic E-state index is 12.0. The summed E-state index contributed by atoms with van der Waals surface area (Å²) in [6.07, 6.45) is -0.724. The second kappa shape index (κ2) is 7.02. The summed E-state index contributed by atoms with van der Waals surface area (Å²) in [4.78, 5) is 12.0. The molecule has 0 fully saturated rings. The van der Waals surface area contributed by atoms with Crippen molar-refractivity contribution < 1.29 is 18.8 Å². The molecule has 3 heterocycles. The standard InChI is InChI=1S/C17H18N2O4S/c1-10-13(11(2)23-19-10)7-17(21)18-8-14(20)16-4-3-15(22-16)12-5-6-24-9-12/h3-6,9,14,20H,7-8H2,1-2H3,(H,18,21)/t14-/m1/s1. The molecule has 0 aliphatic carbocycles. The number of aliphatic hydroxyl groups is 1. The number of hydrogen-bond donors (Lipinski definition) is 2. The summed E-state index contributed by atoms with van der Waals surface area (Å²) >= 11 is 1.58. The van der Waals surface area contributed by atoms with Gasteiger partial charge in [-0.2, -0.15) is 11.3 Å². The van der Waals surface area contributed by atoms with Crippen molar-refractivity contribution in [1.29, 1.82) is 0 Å². The van der Waals surface area contributed by atoms with E-state index in [1.54, 1.807) is 31.3 Å². The molecule has 0 saturated carbocycles. The van der Waals surface area contributed by atoms with Crippen LogP contribution in [0.25, 0.3) is 11.3 Å². The lowest BCUT2D eigenvalue weighted by Gasteiger charge is -2.09. The molecule has 3 rings (SSSR count). The van der Waals surface area contributed by atoms with Gasteiger partial charge in [0.2, 0.25) is 5.91 Å². The van der Waals surface area contributed by atoms with Crippen molar-refractivity contribution in [2.45, 2.75) is 26.4 Å². The van der Waals surface area contributed by atoms with Crippen LogP contribution in [-0.4, -0.2) is 22.7 Å². The fourth-order valence-electron chi connectivity index (χ4n) is 2.38. The molecule has 6 nitrogen and oxygen atoms in total. The Labute approximate surface area is 143 Å². The van der Waals surface area contributed by atoms with E-state index in [0.29, 0.717) is 23.0 Å². The van der Waals surface area contributed by atoms with Crippen LogP contribution in [-0.2, 0) is 11.2 Å². The van der Waals surface area contributed by atoms with E-state index < -0.39 is 6.10 Å². The number of rotatable bonds is 6. The normalized spacial score (nSPS) is 12.3. The SMILES string of the molecule is Cc1noc(C)c1CC(=O)NC[C@@H](O)c1ccc(-c2ccsc2)o1. The number of hydrogen-bond acceptors (Lipinski definition) is 6. The number of aliphatic hydroxyl groups excluding tert-OH is 1. The third-order valence-electron chi connectivity index (χ3n) is 3.77. The van der Waals surface area contributed by atoms with Crippen LogP contribution in [0.2, 0.25) is 0 Å². The first-order valence-corrected chi connectivity index (χ1v) is 8.47. The van der Waals surface area contributed by atoms with Gasteiger partial charge in [0.15, 0.2) is 0 Å². The average Bonchev–Trinajstić information content (AvgIpc) is 3.29. The fraction of sp³-hybridized carbons (Fsp3) is 0.294. The van der Waals surface area contributed by atoms with Crippen LogP contribution in [0.3, 0.4) is 0 Å². The van der Waals surface area contributed by atoms with Crippen molar-refractivity contribution in [3.63, 3.8) is 0 Å². The highest BCUT2D eigenvalue weighted by molar-refractivity contribution is 7.08. The second-order valence-corrected chi connectivity index (χ2v) is 6.29. The van der Waals surface area contributed by atoms with Gasteiger partial charge in [0.1, 0.15) is 23.4 Å². The van der Waals surface area contributed by atoms with E-state index in [0.717, 1.165) is 11.1 Å². The van der Waals surface area contributed by atoms with E-state index in [9.17, 15) is 9.90 Å². The van der Waals surface area contributed by atoms with Crippen LogP contribution in [0.15, 0.2) is 37.9 Å². The van der Waals surface area contributed by atoms with E-state index >= 15 is 0 Å². The number of nitrogens with one attached hydrogen (secondary N) is 1. The van der Waals surface area contributed by atoms with Crippen molar-refractivity contribution in [3.8, 4) is 11.3 Å². The van der Waals surface area contributed by atoms with E-state index in [2.05, 4.69) is 10.5 Å². The lowest BCUT2D eigenvalue weighted by molar-refractivity contribution is -0.121. The average molecular weight is 346 g/mol. The highest BCUT2D eigenvalue weighted by Gasteiger charge is 2.17. The molecule has 126 valence electrons. The van der Waals surface area contributed by atoms with Gasteiger partial charge in [-0.25, -0.2) is 0 Å². The zero-order valence-corrected chi connectivity index (χ0v) is 14.2. The maximum Gasteiger partial charge on any atom is 0.224 e. The predicted molar refractivity (Wildman–Crippen MR) is 89.7 cm³/mol. The Kier molecular flexibility index (Phi) is 4.82. The van der Waals surface area contributed by atoms with Gasteiger partial charge in [0.05, 0.1) is 18.7 Å². The smallest absolute Gasteiger partial charge is 0.224 e. The van der Waals surface area contributed by atoms with E-state index in [4.69, 9.17) is 8.94 Å². The molecule has 0 saturated heterocycles. The molecular weight excluding hydrogens is 328 g/mol. The molecule has 1 atom stereocenters. The fourth-order valence-corrected chi connectivity index (χ4v) is 3.03. The van der Waals surface area contributed by atoms with Crippen molar-refractivity contribution in [2.24, 2.45) is 0 Å². The zero-order chi connectivity index (χ0) is 17.1. The first-order valence-electron chi connectivity index (χ1n) is 7.53. The van der Waals surface area contributed by atoms with Gasteiger partial charge >= 0.3 is 0 Å². The Balaban J connectivity index is 1.55. The largest absolute Gasteiger partial charge is 0.458 e. The highest BCUT2D eigenvalue weighted by Crippen LogP contribution is 2.26. The van der Waals surface area contributed by atoms with Gasteiger partial charge in [-0.05, 0) is 37.4 Å². The van der Waals surface area contributed by atoms with Crippen molar-refractivity contribution in [3.05, 3.63) is 51.7 Å². The van der Waals surface area contributed by atoms with Crippen LogP contribution >= 0.6 is 11.3 Å². The first-order chi connectivity index (χ1) is 11.5. The summed E-state index contributed by atoms with van der Waals surface area (Å²) in [5, 5.41) is 20.6. The Morgan fingerprint density at radius 3 is 2.88 bits per heavy atom. The van der Waals surface area contributed by atoms with Crippen molar-refractivity contribution >= 4 is 17.2 Å². The van der Waals surface area contributed by atoms with Gasteiger partial charge < -0.3 is 19.4 Å². The molecule has 24 heavy (non-hydrogen) atoms. The molecular formula is C17H18N2O4S. The number of nitrogens with zero attached hydrogens (tertiary/aromatic N) is 1. The molecule has 0 bridgehead atoms. The molecule has 3 aromatic heterocycles. The molecule has 1 amide bonds. The van der Waals surface area contributed by atoms with Gasteiger partial charge in [-0.3, -0.25) is 4.79 Å². The summed E-state index contributed by atoms with van der Waals surface area (Å²) in [5.41, 5.74) is 2.45. The van der Waals surface area contributed by atoms with Crippen molar-refractivity contribution in [1.82, 2.24) is 10.5 Å². The second-order valence-electron chi connectivity index (χ2n) is 5.51. The van der Waals surface area contributed by atoms with Gasteiger partial charge in [0, 0.05) is 16.5 Å². The summed E-state index contributed by atoms with van der Waals surface area (Å²) < 4.78 is 10.7. The molecule has 3 aromatic rings. The number of carbonyl (C=O) groups excluding carboxylic acids is 1. The monoisotopic (exact) mass is 346 g/mol.